The Balaban J connectivity index is 2.55. The summed E-state index contributed by atoms with van der Waals surface area (Å²) < 4.78 is 27.9. The molecule has 0 spiro atoms. The number of nitrogens with one attached hydrogen (secondary N) is 1. The number of aryl methyl sites for hydroxylation is 2. The van der Waals surface area contributed by atoms with E-state index < -0.39 is 17.7 Å². The number of halogens is 3. The van der Waals surface area contributed by atoms with Crippen LogP contribution >= 0.6 is 11.6 Å². The van der Waals surface area contributed by atoms with Crippen molar-refractivity contribution in [3.05, 3.63) is 69.2 Å². The number of hydrogen-bond acceptors (Lipinski definition) is 1. The summed E-state index contributed by atoms with van der Waals surface area (Å²) in [5.41, 5.74) is 3.35. The van der Waals surface area contributed by atoms with E-state index in [-0.39, 0.29) is 10.6 Å². The summed E-state index contributed by atoms with van der Waals surface area (Å²) in [7, 11) is 0. The number of benzene rings is 2. The zero-order valence-corrected chi connectivity index (χ0v) is 13.1. The van der Waals surface area contributed by atoms with Crippen molar-refractivity contribution in [3.8, 4) is 0 Å². The van der Waals surface area contributed by atoms with Crippen molar-refractivity contribution in [3.63, 3.8) is 0 Å². The average molecular weight is 310 g/mol. The van der Waals surface area contributed by atoms with Crippen molar-refractivity contribution in [2.75, 3.05) is 6.54 Å². The molecule has 0 aliphatic carbocycles. The van der Waals surface area contributed by atoms with Crippen LogP contribution in [0.2, 0.25) is 5.02 Å². The van der Waals surface area contributed by atoms with Gasteiger partial charge >= 0.3 is 0 Å². The van der Waals surface area contributed by atoms with Crippen molar-refractivity contribution in [1.82, 2.24) is 5.32 Å². The van der Waals surface area contributed by atoms with Gasteiger partial charge in [-0.15, -0.1) is 0 Å². The first-order valence-electron chi connectivity index (χ1n) is 6.88. The van der Waals surface area contributed by atoms with E-state index in [4.69, 9.17) is 11.6 Å². The minimum absolute atomic E-state index is 0.202. The zero-order chi connectivity index (χ0) is 15.6. The molecule has 2 rings (SSSR count). The van der Waals surface area contributed by atoms with Gasteiger partial charge in [-0.3, -0.25) is 0 Å². The van der Waals surface area contributed by atoms with Crippen LogP contribution in [0.1, 0.15) is 35.2 Å². The third-order valence-electron chi connectivity index (χ3n) is 3.34. The van der Waals surface area contributed by atoms with Crippen molar-refractivity contribution in [2.24, 2.45) is 0 Å². The zero-order valence-electron chi connectivity index (χ0n) is 12.3. The maximum absolute atomic E-state index is 14.2. The van der Waals surface area contributed by atoms with Crippen molar-refractivity contribution in [1.29, 1.82) is 0 Å². The molecule has 0 heterocycles. The molecule has 2 aromatic rings. The monoisotopic (exact) mass is 309 g/mol. The van der Waals surface area contributed by atoms with Gasteiger partial charge in [-0.05, 0) is 38.1 Å². The Labute approximate surface area is 128 Å². The van der Waals surface area contributed by atoms with Gasteiger partial charge in [0.2, 0.25) is 0 Å². The van der Waals surface area contributed by atoms with Crippen LogP contribution in [0.25, 0.3) is 0 Å². The topological polar surface area (TPSA) is 12.0 Å². The Hall–Kier alpha value is -1.45. The fraction of sp³-hybridized carbons (Fsp3) is 0.294. The van der Waals surface area contributed by atoms with Gasteiger partial charge in [-0.2, -0.15) is 0 Å². The molecular formula is C17H18ClF2N. The van der Waals surface area contributed by atoms with Crippen LogP contribution in [-0.2, 0) is 0 Å². The fourth-order valence-electron chi connectivity index (χ4n) is 2.55. The highest BCUT2D eigenvalue weighted by Gasteiger charge is 2.20. The lowest BCUT2D eigenvalue weighted by Gasteiger charge is -2.21. The molecule has 0 bridgehead atoms. The van der Waals surface area contributed by atoms with Gasteiger partial charge in [0.25, 0.3) is 0 Å². The number of hydrogen-bond donors (Lipinski definition) is 1. The largest absolute Gasteiger partial charge is 0.306 e. The van der Waals surface area contributed by atoms with Crippen LogP contribution in [0, 0.1) is 25.5 Å². The van der Waals surface area contributed by atoms with E-state index in [9.17, 15) is 8.78 Å². The summed E-state index contributed by atoms with van der Waals surface area (Å²) in [5.74, 6) is -1.12. The van der Waals surface area contributed by atoms with Crippen LogP contribution in [-0.4, -0.2) is 6.54 Å². The van der Waals surface area contributed by atoms with E-state index in [2.05, 4.69) is 5.32 Å². The van der Waals surface area contributed by atoms with Gasteiger partial charge in [-0.25, -0.2) is 8.78 Å². The molecule has 0 saturated carbocycles. The summed E-state index contributed by atoms with van der Waals surface area (Å²) in [6.07, 6.45) is 0. The van der Waals surface area contributed by atoms with E-state index in [1.165, 1.54) is 6.07 Å². The predicted octanol–water partition coefficient (Wildman–Crippen LogP) is 4.93. The first kappa shape index (κ1) is 15.9. The van der Waals surface area contributed by atoms with Crippen LogP contribution in [0.5, 0.6) is 0 Å². The molecule has 1 unspecified atom stereocenters. The Morgan fingerprint density at radius 1 is 1.00 bits per heavy atom. The van der Waals surface area contributed by atoms with Crippen LogP contribution in [0.3, 0.4) is 0 Å². The second kappa shape index (κ2) is 6.54. The second-order valence-electron chi connectivity index (χ2n) is 5.20. The molecule has 1 nitrogen and oxygen atoms in total. The Bertz CT molecular complexity index is 635. The summed E-state index contributed by atoms with van der Waals surface area (Å²) in [6.45, 7) is 6.54. The lowest BCUT2D eigenvalue weighted by molar-refractivity contribution is 0.545. The molecule has 2 aromatic carbocycles. The molecule has 1 atom stereocenters. The van der Waals surface area contributed by atoms with Gasteiger partial charge in [0.05, 0.1) is 11.1 Å². The molecule has 0 fully saturated rings. The Morgan fingerprint density at radius 3 is 2.19 bits per heavy atom. The van der Waals surface area contributed by atoms with E-state index in [0.717, 1.165) is 22.8 Å². The number of rotatable bonds is 4. The molecule has 0 radical (unpaired) electrons. The molecular weight excluding hydrogens is 292 g/mol. The lowest BCUT2D eigenvalue weighted by Crippen LogP contribution is -2.23. The van der Waals surface area contributed by atoms with Gasteiger partial charge in [0.1, 0.15) is 11.6 Å². The van der Waals surface area contributed by atoms with E-state index in [1.807, 2.05) is 39.0 Å². The van der Waals surface area contributed by atoms with Gasteiger partial charge in [-0.1, -0.05) is 47.9 Å². The predicted molar refractivity (Wildman–Crippen MR) is 82.8 cm³/mol. The van der Waals surface area contributed by atoms with Gasteiger partial charge in [0, 0.05) is 5.56 Å². The summed E-state index contributed by atoms with van der Waals surface area (Å²) in [4.78, 5) is 0. The minimum atomic E-state index is -0.611. The second-order valence-corrected chi connectivity index (χ2v) is 5.61. The highest BCUT2D eigenvalue weighted by Crippen LogP contribution is 2.29. The average Bonchev–Trinajstić information content (AvgIpc) is 2.39. The summed E-state index contributed by atoms with van der Waals surface area (Å²) in [6, 6.07) is 7.80. The van der Waals surface area contributed by atoms with Gasteiger partial charge in [0.15, 0.2) is 0 Å². The molecule has 0 amide bonds. The Kier molecular flexibility index (Phi) is 4.96. The third kappa shape index (κ3) is 3.60. The van der Waals surface area contributed by atoms with Crippen molar-refractivity contribution in [2.45, 2.75) is 26.8 Å². The first-order chi connectivity index (χ1) is 9.92. The normalized spacial score (nSPS) is 12.5. The highest BCUT2D eigenvalue weighted by molar-refractivity contribution is 6.30. The molecule has 21 heavy (non-hydrogen) atoms. The molecule has 112 valence electrons. The quantitative estimate of drug-likeness (QED) is 0.789. The Morgan fingerprint density at radius 2 is 1.62 bits per heavy atom. The van der Waals surface area contributed by atoms with E-state index in [1.54, 1.807) is 0 Å². The van der Waals surface area contributed by atoms with Crippen LogP contribution in [0.4, 0.5) is 8.78 Å². The van der Waals surface area contributed by atoms with E-state index >= 15 is 0 Å². The van der Waals surface area contributed by atoms with Crippen LogP contribution < -0.4 is 5.32 Å². The highest BCUT2D eigenvalue weighted by atomic mass is 35.5. The maximum atomic E-state index is 14.2. The molecule has 4 heteroatoms. The van der Waals surface area contributed by atoms with Crippen molar-refractivity contribution < 1.29 is 8.78 Å². The van der Waals surface area contributed by atoms with Crippen LogP contribution in [0.15, 0.2) is 30.3 Å². The summed E-state index contributed by atoms with van der Waals surface area (Å²) in [5, 5.41) is 3.01. The lowest BCUT2D eigenvalue weighted by atomic mass is 9.95. The standard InChI is InChI=1S/C17H18ClF2N/c1-4-21-17(12-6-10(2)5-11(3)7-12)13-8-16(20)14(18)9-15(13)19/h5-9,17,21H,4H2,1-3H3. The first-order valence-corrected chi connectivity index (χ1v) is 7.26. The molecule has 0 aliphatic rings. The van der Waals surface area contributed by atoms with Crippen molar-refractivity contribution >= 4 is 11.6 Å². The summed E-state index contributed by atoms with van der Waals surface area (Å²) >= 11 is 5.63. The molecule has 0 saturated heterocycles. The SMILES string of the molecule is CCNC(c1cc(C)cc(C)c1)c1cc(F)c(Cl)cc1F. The molecule has 1 N–H and O–H groups in total. The maximum Gasteiger partial charge on any atom is 0.142 e. The minimum Gasteiger partial charge on any atom is -0.306 e. The third-order valence-corrected chi connectivity index (χ3v) is 3.63. The smallest absolute Gasteiger partial charge is 0.142 e. The van der Waals surface area contributed by atoms with Gasteiger partial charge < -0.3 is 5.32 Å². The molecule has 0 aliphatic heterocycles. The molecule has 0 aromatic heterocycles. The van der Waals surface area contributed by atoms with E-state index in [0.29, 0.717) is 6.54 Å². The fourth-order valence-corrected chi connectivity index (χ4v) is 2.70.